The van der Waals surface area contributed by atoms with Crippen molar-refractivity contribution in [2.45, 2.75) is 13.5 Å². The summed E-state index contributed by atoms with van der Waals surface area (Å²) in [5, 5.41) is 3.98. The van der Waals surface area contributed by atoms with Gasteiger partial charge in [-0.15, -0.1) is 0 Å². The minimum atomic E-state index is 0.614. The van der Waals surface area contributed by atoms with E-state index in [1.165, 1.54) is 0 Å². The molecule has 0 fully saturated rings. The molecule has 2 aromatic carbocycles. The summed E-state index contributed by atoms with van der Waals surface area (Å²) in [6, 6.07) is 13.6. The number of hydrogen-bond donors (Lipinski definition) is 1. The van der Waals surface area contributed by atoms with Gasteiger partial charge >= 0.3 is 0 Å². The molecule has 0 aliphatic heterocycles. The third kappa shape index (κ3) is 3.81. The van der Waals surface area contributed by atoms with Gasteiger partial charge in [0.05, 0.1) is 18.7 Å². The lowest BCUT2D eigenvalue weighted by Crippen LogP contribution is -2.00. The SMILES string of the molecule is CCOc1ccc(CNc2ccc(OC)cc2)cc1Cl. The average molecular weight is 292 g/mol. The molecule has 0 bridgehead atoms. The van der Waals surface area contributed by atoms with Gasteiger partial charge in [0.1, 0.15) is 11.5 Å². The van der Waals surface area contributed by atoms with Crippen LogP contribution in [-0.4, -0.2) is 13.7 Å². The van der Waals surface area contributed by atoms with Crippen molar-refractivity contribution in [3.8, 4) is 11.5 Å². The standard InChI is InChI=1S/C16H18ClNO2/c1-3-20-16-9-4-12(10-15(16)17)11-18-13-5-7-14(19-2)8-6-13/h4-10,18H,3,11H2,1-2H3. The van der Waals surface area contributed by atoms with Crippen molar-refractivity contribution < 1.29 is 9.47 Å². The molecule has 0 saturated carbocycles. The lowest BCUT2D eigenvalue weighted by Gasteiger charge is -2.10. The number of rotatable bonds is 6. The van der Waals surface area contributed by atoms with Gasteiger partial charge in [0.15, 0.2) is 0 Å². The molecule has 0 aliphatic carbocycles. The number of hydrogen-bond acceptors (Lipinski definition) is 3. The van der Waals surface area contributed by atoms with E-state index in [4.69, 9.17) is 21.1 Å². The number of benzene rings is 2. The van der Waals surface area contributed by atoms with Crippen LogP contribution in [0.15, 0.2) is 42.5 Å². The van der Waals surface area contributed by atoms with Gasteiger partial charge in [0.2, 0.25) is 0 Å². The average Bonchev–Trinajstić information content (AvgIpc) is 2.48. The largest absolute Gasteiger partial charge is 0.497 e. The number of ether oxygens (including phenoxy) is 2. The summed E-state index contributed by atoms with van der Waals surface area (Å²) in [7, 11) is 1.66. The van der Waals surface area contributed by atoms with Crippen LogP contribution in [0.4, 0.5) is 5.69 Å². The zero-order valence-electron chi connectivity index (χ0n) is 11.7. The highest BCUT2D eigenvalue weighted by atomic mass is 35.5. The molecular formula is C16H18ClNO2. The molecule has 0 aromatic heterocycles. The summed E-state index contributed by atoms with van der Waals surface area (Å²) >= 11 is 6.16. The Morgan fingerprint density at radius 1 is 1.10 bits per heavy atom. The molecule has 2 rings (SSSR count). The smallest absolute Gasteiger partial charge is 0.137 e. The van der Waals surface area contributed by atoms with E-state index < -0.39 is 0 Å². The molecule has 0 saturated heterocycles. The Labute approximate surface area is 124 Å². The Bertz CT molecular complexity index is 555. The molecule has 0 aliphatic rings. The highest BCUT2D eigenvalue weighted by Crippen LogP contribution is 2.26. The summed E-state index contributed by atoms with van der Waals surface area (Å²) in [5.41, 5.74) is 2.14. The van der Waals surface area contributed by atoms with Gasteiger partial charge in [-0.05, 0) is 48.9 Å². The van der Waals surface area contributed by atoms with Crippen LogP contribution in [0.3, 0.4) is 0 Å². The van der Waals surface area contributed by atoms with E-state index in [0.29, 0.717) is 18.2 Å². The van der Waals surface area contributed by atoms with E-state index in [1.807, 2.05) is 49.4 Å². The molecule has 0 radical (unpaired) electrons. The highest BCUT2D eigenvalue weighted by Gasteiger charge is 2.02. The quantitative estimate of drug-likeness (QED) is 0.858. The molecular weight excluding hydrogens is 274 g/mol. The van der Waals surface area contributed by atoms with Gasteiger partial charge in [-0.2, -0.15) is 0 Å². The first kappa shape index (κ1) is 14.5. The van der Waals surface area contributed by atoms with Crippen LogP contribution in [0.1, 0.15) is 12.5 Å². The summed E-state index contributed by atoms with van der Waals surface area (Å²) in [6.45, 7) is 3.26. The van der Waals surface area contributed by atoms with E-state index >= 15 is 0 Å². The second kappa shape index (κ2) is 7.06. The van der Waals surface area contributed by atoms with E-state index in [1.54, 1.807) is 7.11 Å². The Hall–Kier alpha value is -1.87. The van der Waals surface area contributed by atoms with Crippen molar-refractivity contribution in [3.63, 3.8) is 0 Å². The van der Waals surface area contributed by atoms with Crippen molar-refractivity contribution in [2.75, 3.05) is 19.0 Å². The predicted octanol–water partition coefficient (Wildman–Crippen LogP) is 4.36. The topological polar surface area (TPSA) is 30.5 Å². The van der Waals surface area contributed by atoms with E-state index in [9.17, 15) is 0 Å². The number of halogens is 1. The minimum absolute atomic E-state index is 0.614. The van der Waals surface area contributed by atoms with Crippen LogP contribution in [-0.2, 0) is 6.54 Å². The Balaban J connectivity index is 1.97. The van der Waals surface area contributed by atoms with Crippen molar-refractivity contribution in [1.29, 1.82) is 0 Å². The number of methoxy groups -OCH3 is 1. The second-order valence-electron chi connectivity index (χ2n) is 4.28. The lowest BCUT2D eigenvalue weighted by atomic mass is 10.2. The normalized spacial score (nSPS) is 10.2. The molecule has 20 heavy (non-hydrogen) atoms. The van der Waals surface area contributed by atoms with E-state index in [-0.39, 0.29) is 0 Å². The van der Waals surface area contributed by atoms with Crippen LogP contribution in [0.2, 0.25) is 5.02 Å². The third-order valence-electron chi connectivity index (χ3n) is 2.88. The van der Waals surface area contributed by atoms with Crippen LogP contribution >= 0.6 is 11.6 Å². The molecule has 0 heterocycles. The predicted molar refractivity (Wildman–Crippen MR) is 82.9 cm³/mol. The second-order valence-corrected chi connectivity index (χ2v) is 4.69. The van der Waals surface area contributed by atoms with E-state index in [0.717, 1.165) is 22.7 Å². The van der Waals surface area contributed by atoms with Crippen molar-refractivity contribution >= 4 is 17.3 Å². The molecule has 106 valence electrons. The van der Waals surface area contributed by atoms with Crippen LogP contribution in [0.25, 0.3) is 0 Å². The monoisotopic (exact) mass is 291 g/mol. The summed E-state index contributed by atoms with van der Waals surface area (Å²) in [6.07, 6.45) is 0. The minimum Gasteiger partial charge on any atom is -0.497 e. The molecule has 1 N–H and O–H groups in total. The Morgan fingerprint density at radius 2 is 1.85 bits per heavy atom. The molecule has 0 atom stereocenters. The molecule has 0 unspecified atom stereocenters. The molecule has 0 spiro atoms. The molecule has 3 nitrogen and oxygen atoms in total. The Kier molecular flexibility index (Phi) is 5.13. The van der Waals surface area contributed by atoms with Gasteiger partial charge in [-0.25, -0.2) is 0 Å². The van der Waals surface area contributed by atoms with Crippen LogP contribution in [0.5, 0.6) is 11.5 Å². The van der Waals surface area contributed by atoms with E-state index in [2.05, 4.69) is 5.32 Å². The fourth-order valence-corrected chi connectivity index (χ4v) is 2.10. The maximum atomic E-state index is 6.16. The first-order valence-corrected chi connectivity index (χ1v) is 6.90. The van der Waals surface area contributed by atoms with Crippen molar-refractivity contribution in [3.05, 3.63) is 53.1 Å². The fraction of sp³-hybridized carbons (Fsp3) is 0.250. The van der Waals surface area contributed by atoms with Gasteiger partial charge in [-0.3, -0.25) is 0 Å². The number of nitrogens with one attached hydrogen (secondary N) is 1. The van der Waals surface area contributed by atoms with Crippen LogP contribution in [0, 0.1) is 0 Å². The maximum Gasteiger partial charge on any atom is 0.137 e. The highest BCUT2D eigenvalue weighted by molar-refractivity contribution is 6.32. The van der Waals surface area contributed by atoms with Crippen molar-refractivity contribution in [2.24, 2.45) is 0 Å². The summed E-state index contributed by atoms with van der Waals surface area (Å²) < 4.78 is 10.5. The molecule has 2 aromatic rings. The first-order chi connectivity index (χ1) is 9.72. The van der Waals surface area contributed by atoms with Gasteiger partial charge in [0.25, 0.3) is 0 Å². The summed E-state index contributed by atoms with van der Waals surface area (Å²) in [5.74, 6) is 1.57. The number of anilines is 1. The first-order valence-electron chi connectivity index (χ1n) is 6.52. The van der Waals surface area contributed by atoms with Crippen LogP contribution < -0.4 is 14.8 Å². The molecule has 0 amide bonds. The van der Waals surface area contributed by atoms with Gasteiger partial charge < -0.3 is 14.8 Å². The third-order valence-corrected chi connectivity index (χ3v) is 3.18. The fourth-order valence-electron chi connectivity index (χ4n) is 1.84. The van der Waals surface area contributed by atoms with Crippen molar-refractivity contribution in [1.82, 2.24) is 0 Å². The Morgan fingerprint density at radius 3 is 2.45 bits per heavy atom. The van der Waals surface area contributed by atoms with Gasteiger partial charge in [0, 0.05) is 12.2 Å². The zero-order valence-corrected chi connectivity index (χ0v) is 12.4. The lowest BCUT2D eigenvalue weighted by molar-refractivity contribution is 0.340. The maximum absolute atomic E-state index is 6.16. The summed E-state index contributed by atoms with van der Waals surface area (Å²) in [4.78, 5) is 0. The zero-order chi connectivity index (χ0) is 14.4. The molecule has 4 heteroatoms. The van der Waals surface area contributed by atoms with Gasteiger partial charge in [-0.1, -0.05) is 17.7 Å².